The topological polar surface area (TPSA) is 99.0 Å². The number of thiophene rings is 1. The van der Waals surface area contributed by atoms with E-state index in [0.717, 1.165) is 22.7 Å². The van der Waals surface area contributed by atoms with Crippen LogP contribution in [0.5, 0.6) is 0 Å². The van der Waals surface area contributed by atoms with Crippen molar-refractivity contribution in [3.05, 3.63) is 26.9 Å². The SMILES string of the molecule is CCOC(=O)c1sc(NC(=O)CSc2nnc(-c3csc(C)c3)n2C(C)C)nc1C. The van der Waals surface area contributed by atoms with E-state index in [4.69, 9.17) is 4.74 Å². The molecule has 0 saturated carbocycles. The first-order valence-corrected chi connectivity index (χ1v) is 12.1. The molecule has 0 unspecified atom stereocenters. The van der Waals surface area contributed by atoms with E-state index in [1.807, 2.05) is 4.57 Å². The first kappa shape index (κ1) is 22.4. The zero-order chi connectivity index (χ0) is 21.8. The number of hydrogen-bond acceptors (Lipinski definition) is 9. The van der Waals surface area contributed by atoms with E-state index in [2.05, 4.69) is 52.7 Å². The number of aryl methyl sites for hydroxylation is 2. The van der Waals surface area contributed by atoms with E-state index >= 15 is 0 Å². The molecule has 1 amide bonds. The highest BCUT2D eigenvalue weighted by atomic mass is 32.2. The highest BCUT2D eigenvalue weighted by molar-refractivity contribution is 7.99. The van der Waals surface area contributed by atoms with Crippen LogP contribution in [0.25, 0.3) is 11.4 Å². The summed E-state index contributed by atoms with van der Waals surface area (Å²) in [5.41, 5.74) is 1.57. The van der Waals surface area contributed by atoms with Crippen LogP contribution in [0.2, 0.25) is 0 Å². The Morgan fingerprint density at radius 3 is 2.70 bits per heavy atom. The number of ether oxygens (including phenoxy) is 1. The van der Waals surface area contributed by atoms with Gasteiger partial charge in [-0.1, -0.05) is 23.1 Å². The molecule has 0 atom stereocenters. The van der Waals surface area contributed by atoms with Crippen molar-refractivity contribution in [3.8, 4) is 11.4 Å². The highest BCUT2D eigenvalue weighted by Gasteiger charge is 2.20. The molecule has 0 saturated heterocycles. The van der Waals surface area contributed by atoms with Crippen LogP contribution >= 0.6 is 34.4 Å². The molecule has 3 rings (SSSR count). The quantitative estimate of drug-likeness (QED) is 0.384. The fourth-order valence-corrected chi connectivity index (χ4v) is 5.14. The summed E-state index contributed by atoms with van der Waals surface area (Å²) in [7, 11) is 0. The third-order valence-electron chi connectivity index (χ3n) is 4.01. The molecule has 30 heavy (non-hydrogen) atoms. The number of hydrogen-bond donors (Lipinski definition) is 1. The van der Waals surface area contributed by atoms with Crippen molar-refractivity contribution in [1.29, 1.82) is 0 Å². The van der Waals surface area contributed by atoms with Crippen LogP contribution in [0, 0.1) is 13.8 Å². The van der Waals surface area contributed by atoms with Gasteiger partial charge in [0.05, 0.1) is 18.1 Å². The number of nitrogens with one attached hydrogen (secondary N) is 1. The Morgan fingerprint density at radius 1 is 1.30 bits per heavy atom. The van der Waals surface area contributed by atoms with Crippen molar-refractivity contribution in [2.24, 2.45) is 0 Å². The summed E-state index contributed by atoms with van der Waals surface area (Å²) < 4.78 is 7.04. The zero-order valence-corrected chi connectivity index (χ0v) is 19.8. The molecule has 3 heterocycles. The van der Waals surface area contributed by atoms with Crippen LogP contribution in [0.4, 0.5) is 5.13 Å². The van der Waals surface area contributed by atoms with E-state index in [1.54, 1.807) is 25.2 Å². The molecular weight excluding hydrogens is 442 g/mol. The average molecular weight is 466 g/mol. The lowest BCUT2D eigenvalue weighted by atomic mass is 10.3. The summed E-state index contributed by atoms with van der Waals surface area (Å²) in [6, 6.07) is 2.23. The van der Waals surface area contributed by atoms with Crippen LogP contribution < -0.4 is 5.32 Å². The Hall–Kier alpha value is -2.24. The van der Waals surface area contributed by atoms with E-state index < -0.39 is 5.97 Å². The van der Waals surface area contributed by atoms with Gasteiger partial charge in [0, 0.05) is 21.9 Å². The number of amides is 1. The van der Waals surface area contributed by atoms with Gasteiger partial charge in [0.25, 0.3) is 0 Å². The smallest absolute Gasteiger partial charge is 0.350 e. The third kappa shape index (κ3) is 5.08. The van der Waals surface area contributed by atoms with E-state index in [-0.39, 0.29) is 24.3 Å². The third-order valence-corrected chi connectivity index (χ3v) is 6.86. The minimum atomic E-state index is -0.427. The van der Waals surface area contributed by atoms with E-state index in [0.29, 0.717) is 20.9 Å². The van der Waals surface area contributed by atoms with Gasteiger partial charge in [0.2, 0.25) is 5.91 Å². The Kier molecular flexibility index (Phi) is 7.27. The second kappa shape index (κ2) is 9.71. The van der Waals surface area contributed by atoms with Gasteiger partial charge in [-0.05, 0) is 40.7 Å². The Balaban J connectivity index is 1.67. The van der Waals surface area contributed by atoms with Gasteiger partial charge >= 0.3 is 5.97 Å². The molecule has 0 aliphatic rings. The molecule has 0 radical (unpaired) electrons. The highest BCUT2D eigenvalue weighted by Crippen LogP contribution is 2.30. The number of carbonyl (C=O) groups excluding carboxylic acids is 2. The van der Waals surface area contributed by atoms with Crippen LogP contribution in [0.15, 0.2) is 16.6 Å². The largest absolute Gasteiger partial charge is 0.462 e. The summed E-state index contributed by atoms with van der Waals surface area (Å²) in [6.45, 7) is 9.92. The number of nitrogens with zero attached hydrogens (tertiary/aromatic N) is 4. The number of esters is 1. The predicted molar refractivity (Wildman–Crippen MR) is 121 cm³/mol. The summed E-state index contributed by atoms with van der Waals surface area (Å²) in [5.74, 6) is 0.298. The summed E-state index contributed by atoms with van der Waals surface area (Å²) in [5, 5.41) is 14.5. The minimum absolute atomic E-state index is 0.148. The number of carbonyl (C=O) groups is 2. The van der Waals surface area contributed by atoms with Gasteiger partial charge < -0.3 is 10.1 Å². The van der Waals surface area contributed by atoms with Crippen molar-refractivity contribution in [2.75, 3.05) is 17.7 Å². The lowest BCUT2D eigenvalue weighted by Crippen LogP contribution is -2.15. The lowest BCUT2D eigenvalue weighted by Gasteiger charge is -2.12. The first-order chi connectivity index (χ1) is 14.3. The van der Waals surface area contributed by atoms with E-state index in [1.165, 1.54) is 16.6 Å². The van der Waals surface area contributed by atoms with Crippen molar-refractivity contribution in [2.45, 2.75) is 45.8 Å². The van der Waals surface area contributed by atoms with Gasteiger partial charge in [-0.25, -0.2) is 9.78 Å². The molecule has 3 aromatic rings. The Morgan fingerprint density at radius 2 is 2.07 bits per heavy atom. The molecule has 8 nitrogen and oxygen atoms in total. The molecule has 3 aromatic heterocycles. The molecule has 0 aliphatic heterocycles. The van der Waals surface area contributed by atoms with Gasteiger partial charge in [0.15, 0.2) is 16.1 Å². The predicted octanol–water partition coefficient (Wildman–Crippen LogP) is 4.57. The number of anilines is 1. The fourth-order valence-electron chi connectivity index (χ4n) is 2.72. The maximum atomic E-state index is 12.4. The standard InChI is InChI=1S/C19H23N5O3S3/c1-6-27-17(26)15-12(5)20-18(30-15)21-14(25)9-29-19-23-22-16(24(19)10(2)3)13-7-11(4)28-8-13/h7-8,10H,6,9H2,1-5H3,(H,20,21,25). The zero-order valence-electron chi connectivity index (χ0n) is 17.4. The van der Waals surface area contributed by atoms with Gasteiger partial charge in [-0.15, -0.1) is 21.5 Å². The second-order valence-corrected chi connectivity index (χ2v) is 9.76. The van der Waals surface area contributed by atoms with Crippen LogP contribution in [-0.4, -0.2) is 44.0 Å². The molecule has 11 heteroatoms. The normalized spacial score (nSPS) is 11.1. The molecule has 0 fully saturated rings. The number of thiazole rings is 1. The van der Waals surface area contributed by atoms with Crippen LogP contribution in [0.3, 0.4) is 0 Å². The fraction of sp³-hybridized carbons (Fsp3) is 0.421. The first-order valence-electron chi connectivity index (χ1n) is 9.37. The molecule has 0 aromatic carbocycles. The van der Waals surface area contributed by atoms with Crippen molar-refractivity contribution < 1.29 is 14.3 Å². The lowest BCUT2D eigenvalue weighted by molar-refractivity contribution is -0.113. The van der Waals surface area contributed by atoms with Crippen LogP contribution in [0.1, 0.15) is 47.1 Å². The second-order valence-electron chi connectivity index (χ2n) is 6.71. The monoisotopic (exact) mass is 465 g/mol. The Labute approximate surface area is 187 Å². The number of rotatable bonds is 8. The number of thioether (sulfide) groups is 1. The van der Waals surface area contributed by atoms with Crippen LogP contribution in [-0.2, 0) is 9.53 Å². The van der Waals surface area contributed by atoms with Gasteiger partial charge in [-0.3, -0.25) is 9.36 Å². The summed E-state index contributed by atoms with van der Waals surface area (Å²) in [4.78, 5) is 30.2. The number of aromatic nitrogens is 4. The maximum absolute atomic E-state index is 12.4. The summed E-state index contributed by atoms with van der Waals surface area (Å²) in [6.07, 6.45) is 0. The van der Waals surface area contributed by atoms with Crippen molar-refractivity contribution >= 4 is 51.4 Å². The minimum Gasteiger partial charge on any atom is -0.462 e. The Bertz CT molecular complexity index is 1050. The maximum Gasteiger partial charge on any atom is 0.350 e. The molecule has 160 valence electrons. The van der Waals surface area contributed by atoms with Gasteiger partial charge in [-0.2, -0.15) is 0 Å². The molecular formula is C19H23N5O3S3. The molecule has 1 N–H and O–H groups in total. The van der Waals surface area contributed by atoms with Gasteiger partial charge in [0.1, 0.15) is 4.88 Å². The molecule has 0 spiro atoms. The summed E-state index contributed by atoms with van der Waals surface area (Å²) >= 11 is 4.09. The van der Waals surface area contributed by atoms with Crippen molar-refractivity contribution in [1.82, 2.24) is 19.7 Å². The van der Waals surface area contributed by atoms with Crippen molar-refractivity contribution in [3.63, 3.8) is 0 Å². The molecule has 0 aliphatic carbocycles. The molecule has 0 bridgehead atoms. The average Bonchev–Trinajstić information content (AvgIpc) is 3.38. The van der Waals surface area contributed by atoms with E-state index in [9.17, 15) is 9.59 Å².